The molecule has 1 aromatic carbocycles. The van der Waals surface area contributed by atoms with Crippen LogP contribution < -0.4 is 5.32 Å². The lowest BCUT2D eigenvalue weighted by Crippen LogP contribution is -2.30. The zero-order chi connectivity index (χ0) is 21.0. The molecule has 152 valence electrons. The highest BCUT2D eigenvalue weighted by molar-refractivity contribution is 6.21. The molecule has 0 radical (unpaired) electrons. The van der Waals surface area contributed by atoms with Gasteiger partial charge in [0.05, 0.1) is 30.1 Å². The standard InChI is InChI=1S/C20H22N4O5/c1-23-17(20(28)29-2)15(12-21-23)22-16(25)10-4-3-7-11-24-18(26)13-8-5-6-9-14(13)19(24)27/h5-6,8-9,12H,3-4,7,10-11H2,1-2H3,(H,22,25). The fourth-order valence-corrected chi connectivity index (χ4v) is 3.25. The summed E-state index contributed by atoms with van der Waals surface area (Å²) in [5, 5.41) is 6.62. The number of methoxy groups -OCH3 is 1. The quantitative estimate of drug-likeness (QED) is 0.414. The molecule has 1 aliphatic heterocycles. The minimum absolute atomic E-state index is 0.173. The smallest absolute Gasteiger partial charge is 0.358 e. The highest BCUT2D eigenvalue weighted by Gasteiger charge is 2.34. The van der Waals surface area contributed by atoms with Crippen LogP contribution in [0.3, 0.4) is 0 Å². The van der Waals surface area contributed by atoms with Crippen molar-refractivity contribution in [3.8, 4) is 0 Å². The van der Waals surface area contributed by atoms with E-state index in [9.17, 15) is 19.2 Å². The fraction of sp³-hybridized carbons (Fsp3) is 0.350. The lowest BCUT2D eigenvalue weighted by atomic mass is 10.1. The summed E-state index contributed by atoms with van der Waals surface area (Å²) in [6, 6.07) is 6.78. The maximum Gasteiger partial charge on any atom is 0.358 e. The number of esters is 1. The van der Waals surface area contributed by atoms with E-state index in [0.29, 0.717) is 42.6 Å². The van der Waals surface area contributed by atoms with Crippen LogP contribution in [0.25, 0.3) is 0 Å². The van der Waals surface area contributed by atoms with Gasteiger partial charge in [-0.3, -0.25) is 24.0 Å². The van der Waals surface area contributed by atoms with Crippen molar-refractivity contribution in [2.75, 3.05) is 19.0 Å². The molecule has 3 rings (SSSR count). The van der Waals surface area contributed by atoms with Gasteiger partial charge in [0.25, 0.3) is 11.8 Å². The molecule has 1 aliphatic rings. The van der Waals surface area contributed by atoms with E-state index in [1.165, 1.54) is 22.9 Å². The molecule has 1 N–H and O–H groups in total. The van der Waals surface area contributed by atoms with Crippen molar-refractivity contribution in [1.29, 1.82) is 0 Å². The number of imide groups is 1. The predicted octanol–water partition coefficient (Wildman–Crippen LogP) is 2.00. The van der Waals surface area contributed by atoms with Gasteiger partial charge in [-0.25, -0.2) is 4.79 Å². The molecule has 0 bridgehead atoms. The average molecular weight is 398 g/mol. The number of anilines is 1. The number of aryl methyl sites for hydroxylation is 1. The van der Waals surface area contributed by atoms with E-state index in [4.69, 9.17) is 0 Å². The number of unbranched alkanes of at least 4 members (excludes halogenated alkanes) is 2. The van der Waals surface area contributed by atoms with E-state index < -0.39 is 5.97 Å². The first-order valence-electron chi connectivity index (χ1n) is 9.29. The molecule has 0 spiro atoms. The minimum Gasteiger partial charge on any atom is -0.464 e. The maximum absolute atomic E-state index is 12.3. The number of nitrogens with one attached hydrogen (secondary N) is 1. The van der Waals surface area contributed by atoms with Gasteiger partial charge in [-0.05, 0) is 25.0 Å². The van der Waals surface area contributed by atoms with Crippen molar-refractivity contribution in [2.24, 2.45) is 7.05 Å². The van der Waals surface area contributed by atoms with Gasteiger partial charge in [-0.2, -0.15) is 5.10 Å². The molecular weight excluding hydrogens is 376 g/mol. The summed E-state index contributed by atoms with van der Waals surface area (Å²) in [6.45, 7) is 0.322. The number of aromatic nitrogens is 2. The molecule has 3 amide bonds. The Labute approximate surface area is 167 Å². The van der Waals surface area contributed by atoms with Crippen LogP contribution in [-0.4, -0.2) is 52.0 Å². The molecule has 0 atom stereocenters. The molecule has 2 aromatic rings. The van der Waals surface area contributed by atoms with Crippen molar-refractivity contribution in [1.82, 2.24) is 14.7 Å². The van der Waals surface area contributed by atoms with Gasteiger partial charge in [0.15, 0.2) is 5.69 Å². The molecule has 2 heterocycles. The Bertz CT molecular complexity index is 931. The molecule has 29 heavy (non-hydrogen) atoms. The Balaban J connectivity index is 1.43. The number of benzene rings is 1. The second kappa shape index (κ2) is 8.68. The largest absolute Gasteiger partial charge is 0.464 e. The van der Waals surface area contributed by atoms with Crippen molar-refractivity contribution in [3.63, 3.8) is 0 Å². The number of fused-ring (bicyclic) bond motifs is 1. The number of carbonyl (C=O) groups excluding carboxylic acids is 4. The summed E-state index contributed by atoms with van der Waals surface area (Å²) in [4.78, 5) is 49.7. The van der Waals surface area contributed by atoms with Crippen molar-refractivity contribution in [2.45, 2.75) is 25.7 Å². The number of amides is 3. The zero-order valence-electron chi connectivity index (χ0n) is 16.3. The topological polar surface area (TPSA) is 111 Å². The van der Waals surface area contributed by atoms with E-state index in [1.54, 1.807) is 31.3 Å². The van der Waals surface area contributed by atoms with Crippen molar-refractivity contribution < 1.29 is 23.9 Å². The number of ether oxygens (including phenoxy) is 1. The molecule has 9 heteroatoms. The second-order valence-electron chi connectivity index (χ2n) is 6.69. The van der Waals surface area contributed by atoms with E-state index in [-0.39, 0.29) is 29.8 Å². The van der Waals surface area contributed by atoms with E-state index in [0.717, 1.165) is 0 Å². The molecule has 9 nitrogen and oxygen atoms in total. The molecule has 0 fully saturated rings. The Hall–Kier alpha value is -3.49. The minimum atomic E-state index is -0.582. The molecule has 0 saturated carbocycles. The van der Waals surface area contributed by atoms with E-state index >= 15 is 0 Å². The van der Waals surface area contributed by atoms with Gasteiger partial charge in [0, 0.05) is 20.0 Å². The van der Waals surface area contributed by atoms with Gasteiger partial charge in [0.1, 0.15) is 0 Å². The summed E-state index contributed by atoms with van der Waals surface area (Å²) in [5.41, 5.74) is 1.35. The van der Waals surface area contributed by atoms with Crippen LogP contribution in [0.5, 0.6) is 0 Å². The van der Waals surface area contributed by atoms with Gasteiger partial charge in [0.2, 0.25) is 5.91 Å². The second-order valence-corrected chi connectivity index (χ2v) is 6.69. The highest BCUT2D eigenvalue weighted by atomic mass is 16.5. The van der Waals surface area contributed by atoms with E-state index in [2.05, 4.69) is 15.2 Å². The van der Waals surface area contributed by atoms with Crippen LogP contribution in [0, 0.1) is 0 Å². The van der Waals surface area contributed by atoms with Crippen LogP contribution in [0.1, 0.15) is 56.9 Å². The summed E-state index contributed by atoms with van der Waals surface area (Å²) in [5.74, 6) is -1.37. The third-order valence-electron chi connectivity index (χ3n) is 4.76. The maximum atomic E-state index is 12.3. The van der Waals surface area contributed by atoms with Crippen LogP contribution in [0.15, 0.2) is 30.5 Å². The summed E-state index contributed by atoms with van der Waals surface area (Å²) in [7, 11) is 2.84. The zero-order valence-corrected chi connectivity index (χ0v) is 16.3. The van der Waals surface area contributed by atoms with Crippen LogP contribution in [-0.2, 0) is 16.6 Å². The lowest BCUT2D eigenvalue weighted by molar-refractivity contribution is -0.116. The molecule has 0 aliphatic carbocycles. The Morgan fingerprint density at radius 1 is 1.07 bits per heavy atom. The lowest BCUT2D eigenvalue weighted by Gasteiger charge is -2.13. The number of rotatable bonds is 8. The van der Waals surface area contributed by atoms with Crippen LogP contribution >= 0.6 is 0 Å². The summed E-state index contributed by atoms with van der Waals surface area (Å²) < 4.78 is 6.03. The molecular formula is C20H22N4O5. The summed E-state index contributed by atoms with van der Waals surface area (Å²) >= 11 is 0. The Kier molecular flexibility index (Phi) is 6.06. The first kappa shape index (κ1) is 20.2. The first-order chi connectivity index (χ1) is 13.9. The van der Waals surface area contributed by atoms with Gasteiger partial charge >= 0.3 is 5.97 Å². The fourth-order valence-electron chi connectivity index (χ4n) is 3.25. The number of carbonyl (C=O) groups is 4. The summed E-state index contributed by atoms with van der Waals surface area (Å²) in [6.07, 6.45) is 3.52. The number of hydrogen-bond acceptors (Lipinski definition) is 6. The molecule has 1 aromatic heterocycles. The Morgan fingerprint density at radius 3 is 2.34 bits per heavy atom. The number of nitrogens with zero attached hydrogens (tertiary/aromatic N) is 3. The number of hydrogen-bond donors (Lipinski definition) is 1. The van der Waals surface area contributed by atoms with Crippen LogP contribution in [0.2, 0.25) is 0 Å². The van der Waals surface area contributed by atoms with Crippen LogP contribution in [0.4, 0.5) is 5.69 Å². The third-order valence-corrected chi connectivity index (χ3v) is 4.76. The molecule has 0 unspecified atom stereocenters. The predicted molar refractivity (Wildman–Crippen MR) is 103 cm³/mol. The van der Waals surface area contributed by atoms with Gasteiger partial charge in [-0.15, -0.1) is 0 Å². The van der Waals surface area contributed by atoms with Crippen molar-refractivity contribution in [3.05, 3.63) is 47.3 Å². The van der Waals surface area contributed by atoms with Gasteiger partial charge in [-0.1, -0.05) is 18.6 Å². The van der Waals surface area contributed by atoms with Gasteiger partial charge < -0.3 is 10.1 Å². The average Bonchev–Trinajstić information content (AvgIpc) is 3.19. The van der Waals surface area contributed by atoms with Crippen molar-refractivity contribution >= 4 is 29.4 Å². The third kappa shape index (κ3) is 4.18. The molecule has 0 saturated heterocycles. The SMILES string of the molecule is COC(=O)c1c(NC(=O)CCCCCN2C(=O)c3ccccc3C2=O)cnn1C. The monoisotopic (exact) mass is 398 g/mol. The normalized spacial score (nSPS) is 12.8. The Morgan fingerprint density at radius 2 is 1.72 bits per heavy atom. The van der Waals surface area contributed by atoms with E-state index in [1.807, 2.05) is 0 Å². The highest BCUT2D eigenvalue weighted by Crippen LogP contribution is 2.23. The first-order valence-corrected chi connectivity index (χ1v) is 9.29.